The van der Waals surface area contributed by atoms with Gasteiger partial charge in [0.1, 0.15) is 0 Å². The molecule has 0 saturated carbocycles. The predicted molar refractivity (Wildman–Crippen MR) is 114 cm³/mol. The molecular formula is C24H33NO3. The van der Waals surface area contributed by atoms with Gasteiger partial charge in [-0.05, 0) is 30.7 Å². The molecule has 1 heterocycles. The van der Waals surface area contributed by atoms with Gasteiger partial charge in [0, 0.05) is 30.2 Å². The normalized spacial score (nSPS) is 10.8. The summed E-state index contributed by atoms with van der Waals surface area (Å²) in [5.74, 6) is -0.276. The molecule has 0 N–H and O–H groups in total. The Kier molecular flexibility index (Phi) is 10.1. The van der Waals surface area contributed by atoms with Crippen molar-refractivity contribution in [3.63, 3.8) is 0 Å². The van der Waals surface area contributed by atoms with Crippen LogP contribution in [0.15, 0.2) is 53.6 Å². The second-order valence-electron chi connectivity index (χ2n) is 7.31. The van der Waals surface area contributed by atoms with E-state index in [0.29, 0.717) is 12.2 Å². The number of hydrogen-bond acceptors (Lipinski definition) is 3. The highest BCUT2D eigenvalue weighted by Crippen LogP contribution is 2.12. The minimum atomic E-state index is -0.276. The summed E-state index contributed by atoms with van der Waals surface area (Å²) in [4.78, 5) is 23.3. The molecule has 152 valence electrons. The number of carbonyl (C=O) groups is 1. The van der Waals surface area contributed by atoms with Gasteiger partial charge in [0.25, 0.3) is 0 Å². The van der Waals surface area contributed by atoms with Crippen molar-refractivity contribution >= 4 is 5.97 Å². The van der Waals surface area contributed by atoms with Crippen LogP contribution in [0.2, 0.25) is 0 Å². The third-order valence-corrected chi connectivity index (χ3v) is 4.93. The van der Waals surface area contributed by atoms with Crippen LogP contribution in [0.3, 0.4) is 0 Å². The first-order valence-corrected chi connectivity index (χ1v) is 10.7. The fourth-order valence-electron chi connectivity index (χ4n) is 3.19. The van der Waals surface area contributed by atoms with E-state index < -0.39 is 0 Å². The molecule has 0 bridgehead atoms. The van der Waals surface area contributed by atoms with Gasteiger partial charge < -0.3 is 9.30 Å². The molecule has 1 aromatic carbocycles. The number of unbranched alkanes of at least 4 members (excludes halogenated alkanes) is 9. The fourth-order valence-corrected chi connectivity index (χ4v) is 3.19. The van der Waals surface area contributed by atoms with Crippen LogP contribution in [-0.4, -0.2) is 17.1 Å². The van der Waals surface area contributed by atoms with Crippen molar-refractivity contribution in [1.29, 1.82) is 0 Å². The van der Waals surface area contributed by atoms with Gasteiger partial charge in [-0.3, -0.25) is 4.79 Å². The quantitative estimate of drug-likeness (QED) is 0.319. The SMILES string of the molecule is CCCCCCCCCCCCOC(=O)c1ccc(-n2ccc(=O)cc2)cc1. The minimum Gasteiger partial charge on any atom is -0.462 e. The van der Waals surface area contributed by atoms with Crippen LogP contribution in [0.1, 0.15) is 81.5 Å². The number of benzene rings is 1. The number of carbonyl (C=O) groups excluding carboxylic acids is 1. The van der Waals surface area contributed by atoms with E-state index in [2.05, 4.69) is 6.92 Å². The van der Waals surface area contributed by atoms with E-state index in [4.69, 9.17) is 4.74 Å². The molecule has 4 heteroatoms. The van der Waals surface area contributed by atoms with Crippen molar-refractivity contribution in [2.24, 2.45) is 0 Å². The number of hydrogen-bond donors (Lipinski definition) is 0. The van der Waals surface area contributed by atoms with Crippen LogP contribution in [0, 0.1) is 0 Å². The molecular weight excluding hydrogens is 350 g/mol. The van der Waals surface area contributed by atoms with Crippen LogP contribution in [0.4, 0.5) is 0 Å². The van der Waals surface area contributed by atoms with Crippen molar-refractivity contribution in [2.75, 3.05) is 6.61 Å². The largest absolute Gasteiger partial charge is 0.462 e. The van der Waals surface area contributed by atoms with Crippen LogP contribution in [-0.2, 0) is 4.74 Å². The highest BCUT2D eigenvalue weighted by molar-refractivity contribution is 5.89. The molecule has 0 radical (unpaired) electrons. The molecule has 4 nitrogen and oxygen atoms in total. The van der Waals surface area contributed by atoms with Crippen LogP contribution in [0.25, 0.3) is 5.69 Å². The second kappa shape index (κ2) is 12.9. The fraction of sp³-hybridized carbons (Fsp3) is 0.500. The average Bonchev–Trinajstić information content (AvgIpc) is 2.72. The van der Waals surface area contributed by atoms with E-state index in [-0.39, 0.29) is 11.4 Å². The molecule has 0 atom stereocenters. The number of ether oxygens (including phenoxy) is 1. The van der Waals surface area contributed by atoms with E-state index in [1.165, 1.54) is 63.5 Å². The summed E-state index contributed by atoms with van der Waals surface area (Å²) in [6, 6.07) is 10.2. The third-order valence-electron chi connectivity index (χ3n) is 4.93. The summed E-state index contributed by atoms with van der Waals surface area (Å²) in [7, 11) is 0. The highest BCUT2D eigenvalue weighted by atomic mass is 16.5. The Balaban J connectivity index is 1.59. The molecule has 0 amide bonds. The van der Waals surface area contributed by atoms with Crippen molar-refractivity contribution in [3.8, 4) is 5.69 Å². The Morgan fingerprint density at radius 2 is 1.32 bits per heavy atom. The van der Waals surface area contributed by atoms with E-state index in [1.54, 1.807) is 24.5 Å². The standard InChI is InChI=1S/C24H33NO3/c1-2-3-4-5-6-7-8-9-10-11-20-28-24(27)21-12-14-22(15-13-21)25-18-16-23(26)17-19-25/h12-19H,2-11,20H2,1H3. The second-order valence-corrected chi connectivity index (χ2v) is 7.31. The zero-order valence-corrected chi connectivity index (χ0v) is 17.1. The van der Waals surface area contributed by atoms with E-state index in [9.17, 15) is 9.59 Å². The average molecular weight is 384 g/mol. The maximum atomic E-state index is 12.1. The molecule has 0 spiro atoms. The van der Waals surface area contributed by atoms with Gasteiger partial charge >= 0.3 is 5.97 Å². The zero-order valence-electron chi connectivity index (χ0n) is 17.1. The lowest BCUT2D eigenvalue weighted by Gasteiger charge is -2.08. The van der Waals surface area contributed by atoms with Crippen molar-refractivity contribution < 1.29 is 9.53 Å². The van der Waals surface area contributed by atoms with Crippen molar-refractivity contribution in [1.82, 2.24) is 4.57 Å². The first-order chi connectivity index (χ1) is 13.7. The van der Waals surface area contributed by atoms with Crippen LogP contribution >= 0.6 is 0 Å². The van der Waals surface area contributed by atoms with E-state index >= 15 is 0 Å². The Morgan fingerprint density at radius 1 is 0.786 bits per heavy atom. The molecule has 2 aromatic rings. The lowest BCUT2D eigenvalue weighted by molar-refractivity contribution is 0.0497. The van der Waals surface area contributed by atoms with Crippen LogP contribution < -0.4 is 5.43 Å². The molecule has 0 fully saturated rings. The lowest BCUT2D eigenvalue weighted by Crippen LogP contribution is -2.07. The van der Waals surface area contributed by atoms with Gasteiger partial charge in [-0.1, -0.05) is 64.7 Å². The minimum absolute atomic E-state index is 0.0246. The highest BCUT2D eigenvalue weighted by Gasteiger charge is 2.07. The summed E-state index contributed by atoms with van der Waals surface area (Å²) in [6.45, 7) is 2.73. The van der Waals surface area contributed by atoms with Gasteiger partial charge in [0.2, 0.25) is 0 Å². The Labute approximate surface area is 168 Å². The molecule has 1 aromatic heterocycles. The number of pyridine rings is 1. The van der Waals surface area contributed by atoms with Crippen molar-refractivity contribution in [2.45, 2.75) is 71.1 Å². The topological polar surface area (TPSA) is 48.3 Å². The smallest absolute Gasteiger partial charge is 0.338 e. The molecule has 2 rings (SSSR count). The van der Waals surface area contributed by atoms with Crippen LogP contribution in [0.5, 0.6) is 0 Å². The first kappa shape index (κ1) is 21.9. The van der Waals surface area contributed by atoms with Gasteiger partial charge in [-0.2, -0.15) is 0 Å². The van der Waals surface area contributed by atoms with E-state index in [0.717, 1.165) is 18.5 Å². The zero-order chi connectivity index (χ0) is 20.0. The number of aromatic nitrogens is 1. The molecule has 0 aliphatic carbocycles. The Hall–Kier alpha value is -2.36. The predicted octanol–water partition coefficient (Wildman–Crippen LogP) is 5.92. The monoisotopic (exact) mass is 383 g/mol. The summed E-state index contributed by atoms with van der Waals surface area (Å²) < 4.78 is 7.21. The number of rotatable bonds is 13. The Morgan fingerprint density at radius 3 is 1.89 bits per heavy atom. The first-order valence-electron chi connectivity index (χ1n) is 10.7. The maximum Gasteiger partial charge on any atom is 0.338 e. The van der Waals surface area contributed by atoms with Gasteiger partial charge in [-0.25, -0.2) is 4.79 Å². The Bertz CT molecular complexity index is 729. The third kappa shape index (κ3) is 8.12. The van der Waals surface area contributed by atoms with Crippen molar-refractivity contribution in [3.05, 3.63) is 64.6 Å². The maximum absolute atomic E-state index is 12.1. The summed E-state index contributed by atoms with van der Waals surface area (Å²) in [5, 5.41) is 0. The molecule has 0 aliphatic heterocycles. The lowest BCUT2D eigenvalue weighted by atomic mass is 10.1. The summed E-state index contributed by atoms with van der Waals surface area (Å²) >= 11 is 0. The van der Waals surface area contributed by atoms with Gasteiger partial charge in [0.05, 0.1) is 12.2 Å². The summed E-state index contributed by atoms with van der Waals surface area (Å²) in [6.07, 6.45) is 16.1. The number of esters is 1. The number of nitrogens with zero attached hydrogens (tertiary/aromatic N) is 1. The van der Waals surface area contributed by atoms with E-state index in [1.807, 2.05) is 16.7 Å². The van der Waals surface area contributed by atoms with Gasteiger partial charge in [-0.15, -0.1) is 0 Å². The molecule has 0 aliphatic rings. The molecule has 0 saturated heterocycles. The summed E-state index contributed by atoms with van der Waals surface area (Å²) in [5.41, 5.74) is 1.42. The van der Waals surface area contributed by atoms with Gasteiger partial charge in [0.15, 0.2) is 5.43 Å². The molecule has 0 unspecified atom stereocenters. The molecule has 28 heavy (non-hydrogen) atoms.